The molecule has 0 spiro atoms. The summed E-state index contributed by atoms with van der Waals surface area (Å²) in [5.41, 5.74) is 1.29. The summed E-state index contributed by atoms with van der Waals surface area (Å²) in [6.45, 7) is 1.97. The Morgan fingerprint density at radius 3 is 2.32 bits per heavy atom. The molecule has 1 amide bonds. The van der Waals surface area contributed by atoms with Gasteiger partial charge >= 0.3 is 0 Å². The van der Waals surface area contributed by atoms with E-state index in [1.807, 2.05) is 0 Å². The Balaban J connectivity index is 1.94. The Morgan fingerprint density at radius 2 is 1.74 bits per heavy atom. The number of nitro groups is 1. The summed E-state index contributed by atoms with van der Waals surface area (Å²) in [6.07, 6.45) is 0. The van der Waals surface area contributed by atoms with Gasteiger partial charge < -0.3 is 14.3 Å². The number of aryl methyl sites for hydroxylation is 1. The van der Waals surface area contributed by atoms with Crippen molar-refractivity contribution in [1.29, 1.82) is 0 Å². The average Bonchev–Trinajstić information content (AvgIpc) is 3.16. The highest BCUT2D eigenvalue weighted by Gasteiger charge is 2.24. The van der Waals surface area contributed by atoms with Gasteiger partial charge in [-0.25, -0.2) is 0 Å². The Morgan fingerprint density at radius 1 is 1.06 bits per heavy atom. The molecule has 2 aromatic carbocycles. The van der Waals surface area contributed by atoms with Gasteiger partial charge in [-0.05, 0) is 25.1 Å². The van der Waals surface area contributed by atoms with E-state index in [9.17, 15) is 19.7 Å². The van der Waals surface area contributed by atoms with Crippen molar-refractivity contribution in [2.75, 3.05) is 26.0 Å². The molecule has 0 saturated heterocycles. The summed E-state index contributed by atoms with van der Waals surface area (Å²) >= 11 is 0. The largest absolute Gasteiger partial charge is 0.372 e. The number of rotatable bonds is 7. The molecular formula is C22H22N4O5. The maximum absolute atomic E-state index is 13.2. The topological polar surface area (TPSA) is 110 Å². The number of carbonyl (C=O) groups is 2. The van der Waals surface area contributed by atoms with Gasteiger partial charge in [-0.3, -0.25) is 19.7 Å². The number of hydrogen-bond acceptors (Lipinski definition) is 7. The highest BCUT2D eigenvalue weighted by molar-refractivity contribution is 6.15. The zero-order valence-corrected chi connectivity index (χ0v) is 17.7. The van der Waals surface area contributed by atoms with Crippen molar-refractivity contribution in [2.24, 2.45) is 0 Å². The molecule has 0 saturated carbocycles. The van der Waals surface area contributed by atoms with Crippen LogP contribution in [0, 0.1) is 17.0 Å². The van der Waals surface area contributed by atoms with Crippen LogP contribution in [-0.4, -0.2) is 47.8 Å². The molecule has 3 rings (SSSR count). The lowest BCUT2D eigenvalue weighted by Crippen LogP contribution is -2.28. The predicted octanol–water partition coefficient (Wildman–Crippen LogP) is 3.46. The number of nitro benzene ring substituents is 1. The third-order valence-corrected chi connectivity index (χ3v) is 4.74. The first-order valence-corrected chi connectivity index (χ1v) is 9.46. The van der Waals surface area contributed by atoms with E-state index in [-0.39, 0.29) is 34.8 Å². The summed E-state index contributed by atoms with van der Waals surface area (Å²) in [6, 6.07) is 12.4. The Bertz CT molecular complexity index is 1150. The number of ketones is 1. The molecule has 0 unspecified atom stereocenters. The third-order valence-electron chi connectivity index (χ3n) is 4.74. The van der Waals surface area contributed by atoms with E-state index in [0.717, 1.165) is 0 Å². The van der Waals surface area contributed by atoms with Gasteiger partial charge in [-0.15, -0.1) is 0 Å². The molecule has 0 aliphatic rings. The van der Waals surface area contributed by atoms with Gasteiger partial charge in [-0.1, -0.05) is 23.4 Å². The van der Waals surface area contributed by atoms with Crippen LogP contribution >= 0.6 is 0 Å². The van der Waals surface area contributed by atoms with E-state index in [4.69, 9.17) is 4.52 Å². The summed E-state index contributed by atoms with van der Waals surface area (Å²) < 4.78 is 5.03. The zero-order valence-electron chi connectivity index (χ0n) is 17.7. The third kappa shape index (κ3) is 4.61. The molecule has 0 aliphatic heterocycles. The Labute approximate surface area is 179 Å². The smallest absolute Gasteiger partial charge is 0.293 e. The molecule has 9 nitrogen and oxygen atoms in total. The maximum atomic E-state index is 13.2. The lowest BCUT2D eigenvalue weighted by Gasteiger charge is -2.18. The summed E-state index contributed by atoms with van der Waals surface area (Å²) in [4.78, 5) is 40.2. The molecule has 0 radical (unpaired) electrons. The number of benzene rings is 2. The molecule has 0 atom stereocenters. The summed E-state index contributed by atoms with van der Waals surface area (Å²) in [5, 5.41) is 15.4. The first-order chi connectivity index (χ1) is 14.7. The van der Waals surface area contributed by atoms with Crippen molar-refractivity contribution in [3.05, 3.63) is 86.8 Å². The van der Waals surface area contributed by atoms with Crippen molar-refractivity contribution in [3.63, 3.8) is 0 Å². The van der Waals surface area contributed by atoms with E-state index < -0.39 is 10.7 Å². The number of nitrogens with zero attached hydrogens (tertiary/aromatic N) is 4. The Kier molecular flexibility index (Phi) is 6.15. The van der Waals surface area contributed by atoms with Gasteiger partial charge in [0.25, 0.3) is 11.6 Å². The van der Waals surface area contributed by atoms with Crippen LogP contribution in [0.5, 0.6) is 0 Å². The van der Waals surface area contributed by atoms with Crippen molar-refractivity contribution in [3.8, 4) is 0 Å². The molecule has 0 fully saturated rings. The normalized spacial score (nSPS) is 10.6. The van der Waals surface area contributed by atoms with Crippen molar-refractivity contribution < 1.29 is 19.0 Å². The van der Waals surface area contributed by atoms with Gasteiger partial charge in [0.2, 0.25) is 0 Å². The fourth-order valence-corrected chi connectivity index (χ4v) is 3.23. The monoisotopic (exact) mass is 422 g/mol. The van der Waals surface area contributed by atoms with Crippen molar-refractivity contribution in [2.45, 2.75) is 13.5 Å². The lowest BCUT2D eigenvalue weighted by atomic mass is 9.97. The molecule has 3 aromatic rings. The number of aromatic nitrogens is 1. The van der Waals surface area contributed by atoms with Gasteiger partial charge in [-0.2, -0.15) is 0 Å². The van der Waals surface area contributed by atoms with Crippen LogP contribution in [0.1, 0.15) is 37.7 Å². The van der Waals surface area contributed by atoms with Gasteiger partial charge in [0.05, 0.1) is 17.0 Å². The molecule has 31 heavy (non-hydrogen) atoms. The van der Waals surface area contributed by atoms with Gasteiger partial charge in [0, 0.05) is 44.4 Å². The minimum absolute atomic E-state index is 0.132. The second-order valence-electron chi connectivity index (χ2n) is 7.32. The van der Waals surface area contributed by atoms with E-state index in [0.29, 0.717) is 17.1 Å². The molecule has 9 heteroatoms. The van der Waals surface area contributed by atoms with Crippen molar-refractivity contribution >= 4 is 23.1 Å². The second-order valence-corrected chi connectivity index (χ2v) is 7.32. The predicted molar refractivity (Wildman–Crippen MR) is 114 cm³/mol. The average molecular weight is 422 g/mol. The number of hydrogen-bond donors (Lipinski definition) is 0. The number of carbonyl (C=O) groups excluding carboxylic acids is 2. The molecule has 1 heterocycles. The van der Waals surface area contributed by atoms with E-state index in [1.54, 1.807) is 57.2 Å². The first kappa shape index (κ1) is 21.7. The second kappa shape index (κ2) is 8.78. The van der Waals surface area contributed by atoms with E-state index >= 15 is 0 Å². The van der Waals surface area contributed by atoms with Crippen LogP contribution in [-0.2, 0) is 6.54 Å². The fraction of sp³-hybridized carbons (Fsp3) is 0.227. The van der Waals surface area contributed by atoms with Crippen LogP contribution in [0.25, 0.3) is 0 Å². The molecule has 0 N–H and O–H groups in total. The Hall–Kier alpha value is -4.01. The van der Waals surface area contributed by atoms with E-state index in [1.165, 1.54) is 29.2 Å². The number of amides is 1. The first-order valence-electron chi connectivity index (χ1n) is 9.46. The molecule has 1 aromatic heterocycles. The molecule has 160 valence electrons. The zero-order chi connectivity index (χ0) is 22.7. The minimum atomic E-state index is -0.531. The van der Waals surface area contributed by atoms with Gasteiger partial charge in [0.15, 0.2) is 5.78 Å². The minimum Gasteiger partial charge on any atom is -0.372 e. The maximum Gasteiger partial charge on any atom is 0.293 e. The van der Waals surface area contributed by atoms with Crippen LogP contribution in [0.2, 0.25) is 0 Å². The summed E-state index contributed by atoms with van der Waals surface area (Å²) in [5.74, 6) is -0.207. The van der Waals surface area contributed by atoms with E-state index in [2.05, 4.69) is 5.16 Å². The molecule has 0 bridgehead atoms. The SMILES string of the molecule is Cc1cc(CN(C)C(=O)c2ccccc2C(=O)c2ccc(N(C)C)c([N+](=O)[O-])c2)no1. The van der Waals surface area contributed by atoms with Crippen LogP contribution < -0.4 is 4.90 Å². The molecular weight excluding hydrogens is 400 g/mol. The van der Waals surface area contributed by atoms with Crippen LogP contribution in [0.15, 0.2) is 53.1 Å². The lowest BCUT2D eigenvalue weighted by molar-refractivity contribution is -0.384. The highest BCUT2D eigenvalue weighted by Crippen LogP contribution is 2.29. The highest BCUT2D eigenvalue weighted by atomic mass is 16.6. The van der Waals surface area contributed by atoms with Crippen molar-refractivity contribution in [1.82, 2.24) is 10.1 Å². The molecule has 0 aliphatic carbocycles. The quantitative estimate of drug-likeness (QED) is 0.326. The van der Waals surface area contributed by atoms with Crippen LogP contribution in [0.3, 0.4) is 0 Å². The van der Waals surface area contributed by atoms with Gasteiger partial charge in [0.1, 0.15) is 17.1 Å². The fourth-order valence-electron chi connectivity index (χ4n) is 3.23. The summed E-state index contributed by atoms with van der Waals surface area (Å²) in [7, 11) is 4.97. The number of anilines is 1. The standard InChI is InChI=1S/C22H22N4O5/c1-14-11-16(23-31-14)13-25(4)22(28)18-8-6-5-7-17(18)21(27)15-9-10-19(24(2)3)20(12-15)26(29)30/h5-12H,13H2,1-4H3. The van der Waals surface area contributed by atoms with Crippen LogP contribution in [0.4, 0.5) is 11.4 Å².